The molecule has 0 unspecified atom stereocenters. The van der Waals surface area contributed by atoms with Crippen molar-refractivity contribution in [3.8, 4) is 5.75 Å². The molecule has 2 aromatic carbocycles. The zero-order chi connectivity index (χ0) is 15.5. The number of hydrogen-bond acceptors (Lipinski definition) is 2. The Hall–Kier alpha value is -1.77. The Labute approximate surface area is 132 Å². The maximum absolute atomic E-state index is 12.3. The van der Waals surface area contributed by atoms with E-state index in [4.69, 9.17) is 0 Å². The summed E-state index contributed by atoms with van der Waals surface area (Å²) in [7, 11) is 0. The van der Waals surface area contributed by atoms with Gasteiger partial charge < -0.3 is 10.1 Å². The van der Waals surface area contributed by atoms with Crippen molar-refractivity contribution in [3.63, 3.8) is 0 Å². The average Bonchev–Trinajstić information content (AvgIpc) is 2.40. The first-order chi connectivity index (χ1) is 9.87. The second kappa shape index (κ2) is 6.33. The summed E-state index contributed by atoms with van der Waals surface area (Å²) in [5.74, 6) is -0.956. The average molecular weight is 407 g/mol. The predicted octanol–water partition coefficient (Wildman–Crippen LogP) is 4.44. The smallest absolute Gasteiger partial charge is 0.404 e. The summed E-state index contributed by atoms with van der Waals surface area (Å²) in [5.41, 5.74) is 0.333. The number of alkyl halides is 3. The van der Waals surface area contributed by atoms with Crippen molar-refractivity contribution in [2.45, 2.75) is 6.36 Å². The maximum atomic E-state index is 12.3. The number of hydrogen-bond donors (Lipinski definition) is 1. The molecule has 0 saturated carbocycles. The number of halogens is 4. The van der Waals surface area contributed by atoms with Crippen LogP contribution in [0.1, 0.15) is 10.4 Å². The summed E-state index contributed by atoms with van der Waals surface area (Å²) in [6, 6.07) is 12.1. The Morgan fingerprint density at radius 1 is 1.05 bits per heavy atom. The Bertz CT molecular complexity index is 659. The molecule has 2 aromatic rings. The van der Waals surface area contributed by atoms with Crippen LogP contribution in [0.25, 0.3) is 0 Å². The number of ether oxygens (including phenoxy) is 1. The van der Waals surface area contributed by atoms with Gasteiger partial charge in [0.05, 0.1) is 11.3 Å². The topological polar surface area (TPSA) is 38.3 Å². The van der Waals surface area contributed by atoms with E-state index >= 15 is 0 Å². The molecule has 2 rings (SSSR count). The van der Waals surface area contributed by atoms with Crippen LogP contribution in [0.5, 0.6) is 5.75 Å². The fourth-order valence-electron chi connectivity index (χ4n) is 1.62. The molecule has 21 heavy (non-hydrogen) atoms. The standard InChI is InChI=1S/C14H9F3INO2/c15-14(16,17)21-12-8-4-3-7-11(12)19-13(20)9-5-1-2-6-10(9)18/h1-8H,(H,19,20). The minimum Gasteiger partial charge on any atom is -0.404 e. The van der Waals surface area contributed by atoms with Gasteiger partial charge in [-0.2, -0.15) is 0 Å². The van der Waals surface area contributed by atoms with Crippen LogP contribution in [0.15, 0.2) is 48.5 Å². The lowest BCUT2D eigenvalue weighted by Crippen LogP contribution is -2.20. The molecule has 0 atom stereocenters. The zero-order valence-electron chi connectivity index (χ0n) is 10.4. The molecule has 3 nitrogen and oxygen atoms in total. The van der Waals surface area contributed by atoms with E-state index in [1.807, 2.05) is 22.6 Å². The number of para-hydroxylation sites is 2. The van der Waals surface area contributed by atoms with Crippen molar-refractivity contribution in [3.05, 3.63) is 57.7 Å². The highest BCUT2D eigenvalue weighted by Crippen LogP contribution is 2.30. The van der Waals surface area contributed by atoms with Gasteiger partial charge in [-0.25, -0.2) is 0 Å². The van der Waals surface area contributed by atoms with E-state index in [0.717, 1.165) is 6.07 Å². The van der Waals surface area contributed by atoms with Gasteiger partial charge >= 0.3 is 6.36 Å². The van der Waals surface area contributed by atoms with Crippen LogP contribution in [-0.2, 0) is 0 Å². The summed E-state index contributed by atoms with van der Waals surface area (Å²) >= 11 is 1.98. The van der Waals surface area contributed by atoms with Gasteiger partial charge in [-0.1, -0.05) is 24.3 Å². The van der Waals surface area contributed by atoms with Crippen LogP contribution in [0.3, 0.4) is 0 Å². The number of rotatable bonds is 3. The molecule has 0 radical (unpaired) electrons. The molecule has 0 aliphatic heterocycles. The summed E-state index contributed by atoms with van der Waals surface area (Å²) in [6.45, 7) is 0. The number of amides is 1. The highest BCUT2D eigenvalue weighted by atomic mass is 127. The molecular weight excluding hydrogens is 398 g/mol. The summed E-state index contributed by atoms with van der Waals surface area (Å²) < 4.78 is 41.5. The summed E-state index contributed by atoms with van der Waals surface area (Å²) in [6.07, 6.45) is -4.82. The molecule has 0 heterocycles. The molecule has 1 N–H and O–H groups in total. The van der Waals surface area contributed by atoms with Gasteiger partial charge in [0, 0.05) is 3.57 Å². The van der Waals surface area contributed by atoms with Gasteiger partial charge in [-0.3, -0.25) is 4.79 Å². The number of anilines is 1. The lowest BCUT2D eigenvalue weighted by molar-refractivity contribution is -0.274. The van der Waals surface area contributed by atoms with Crippen molar-refractivity contribution in [1.29, 1.82) is 0 Å². The molecule has 1 amide bonds. The van der Waals surface area contributed by atoms with Crippen molar-refractivity contribution < 1.29 is 22.7 Å². The first-order valence-corrected chi connectivity index (χ1v) is 6.85. The van der Waals surface area contributed by atoms with E-state index < -0.39 is 18.0 Å². The van der Waals surface area contributed by atoms with Crippen molar-refractivity contribution in [1.82, 2.24) is 0 Å². The SMILES string of the molecule is O=C(Nc1ccccc1OC(F)(F)F)c1ccccc1I. The van der Waals surface area contributed by atoms with Gasteiger partial charge in [0.25, 0.3) is 5.91 Å². The molecule has 0 bridgehead atoms. The van der Waals surface area contributed by atoms with E-state index in [9.17, 15) is 18.0 Å². The third-order valence-electron chi connectivity index (χ3n) is 2.48. The second-order valence-corrected chi connectivity index (χ2v) is 5.14. The number of benzene rings is 2. The fraction of sp³-hybridized carbons (Fsp3) is 0.0714. The predicted molar refractivity (Wildman–Crippen MR) is 80.2 cm³/mol. The van der Waals surface area contributed by atoms with Crippen molar-refractivity contribution in [2.24, 2.45) is 0 Å². The molecule has 0 spiro atoms. The van der Waals surface area contributed by atoms with Crippen LogP contribution >= 0.6 is 22.6 Å². The van der Waals surface area contributed by atoms with E-state index in [1.165, 1.54) is 18.2 Å². The quantitative estimate of drug-likeness (QED) is 0.765. The third kappa shape index (κ3) is 4.35. The minimum atomic E-state index is -4.82. The molecule has 0 aliphatic rings. The van der Waals surface area contributed by atoms with Gasteiger partial charge in [-0.15, -0.1) is 13.2 Å². The first kappa shape index (κ1) is 15.6. The van der Waals surface area contributed by atoms with E-state index in [2.05, 4.69) is 10.1 Å². The molecule has 7 heteroatoms. The summed E-state index contributed by atoms with van der Waals surface area (Å²) in [5, 5.41) is 2.42. The highest BCUT2D eigenvalue weighted by Gasteiger charge is 2.32. The lowest BCUT2D eigenvalue weighted by atomic mass is 10.2. The Morgan fingerprint density at radius 2 is 1.67 bits per heavy atom. The Morgan fingerprint density at radius 3 is 2.33 bits per heavy atom. The maximum Gasteiger partial charge on any atom is 0.573 e. The summed E-state index contributed by atoms with van der Waals surface area (Å²) in [4.78, 5) is 12.1. The largest absolute Gasteiger partial charge is 0.573 e. The zero-order valence-corrected chi connectivity index (χ0v) is 12.6. The molecule has 0 aliphatic carbocycles. The lowest BCUT2D eigenvalue weighted by Gasteiger charge is -2.14. The van der Waals surface area contributed by atoms with Crippen LogP contribution < -0.4 is 10.1 Å². The van der Waals surface area contributed by atoms with E-state index in [0.29, 0.717) is 9.13 Å². The highest BCUT2D eigenvalue weighted by molar-refractivity contribution is 14.1. The first-order valence-electron chi connectivity index (χ1n) is 5.77. The van der Waals surface area contributed by atoms with Gasteiger partial charge in [0.1, 0.15) is 0 Å². The number of carbonyl (C=O) groups excluding carboxylic acids is 1. The third-order valence-corrected chi connectivity index (χ3v) is 3.42. The van der Waals surface area contributed by atoms with Gasteiger partial charge in [-0.05, 0) is 46.9 Å². The van der Waals surface area contributed by atoms with Crippen LogP contribution in [0, 0.1) is 3.57 Å². The molecule has 0 aromatic heterocycles. The van der Waals surface area contributed by atoms with Crippen LogP contribution in [0.2, 0.25) is 0 Å². The minimum absolute atomic E-state index is 0.0421. The van der Waals surface area contributed by atoms with Crippen LogP contribution in [0.4, 0.5) is 18.9 Å². The van der Waals surface area contributed by atoms with E-state index in [1.54, 1.807) is 24.3 Å². The van der Waals surface area contributed by atoms with E-state index in [-0.39, 0.29) is 5.69 Å². The number of nitrogens with one attached hydrogen (secondary N) is 1. The number of carbonyl (C=O) groups is 1. The Kier molecular flexibility index (Phi) is 4.71. The van der Waals surface area contributed by atoms with Crippen LogP contribution in [-0.4, -0.2) is 12.3 Å². The van der Waals surface area contributed by atoms with Gasteiger partial charge in [0.2, 0.25) is 0 Å². The van der Waals surface area contributed by atoms with Crippen molar-refractivity contribution in [2.75, 3.05) is 5.32 Å². The molecular formula is C14H9F3INO2. The Balaban J connectivity index is 2.24. The molecule has 0 fully saturated rings. The van der Waals surface area contributed by atoms with Gasteiger partial charge in [0.15, 0.2) is 5.75 Å². The molecule has 110 valence electrons. The second-order valence-electron chi connectivity index (χ2n) is 3.98. The molecule has 0 saturated heterocycles. The normalized spacial score (nSPS) is 11.0. The monoisotopic (exact) mass is 407 g/mol. The van der Waals surface area contributed by atoms with Crippen molar-refractivity contribution >= 4 is 34.2 Å². The fourth-order valence-corrected chi connectivity index (χ4v) is 2.25.